The third-order valence-corrected chi connectivity index (χ3v) is 5.84. The number of ether oxygens (including phenoxy) is 1. The highest BCUT2D eigenvalue weighted by Crippen LogP contribution is 2.50. The summed E-state index contributed by atoms with van der Waals surface area (Å²) < 4.78 is 16.7. The average Bonchev–Trinajstić information content (AvgIpc) is 3.04. The topological polar surface area (TPSA) is 65.0 Å². The standard InChI is InChI=1S/C18H25BO5/c1-16(2)17(3,4)24-19(23-16)14-8-12-10-18(21,11-13(12)9-14)7-6-15(20)22-5/h8,12-13,21H,9-11H2,1-5H3. The summed E-state index contributed by atoms with van der Waals surface area (Å²) in [6.45, 7) is 8.18. The van der Waals surface area contributed by atoms with Crippen LogP contribution in [0.5, 0.6) is 0 Å². The summed E-state index contributed by atoms with van der Waals surface area (Å²) in [5.41, 5.74) is -0.639. The Kier molecular flexibility index (Phi) is 4.11. The monoisotopic (exact) mass is 332 g/mol. The van der Waals surface area contributed by atoms with Gasteiger partial charge in [0.25, 0.3) is 0 Å². The highest BCUT2D eigenvalue weighted by atomic mass is 16.7. The fourth-order valence-electron chi connectivity index (χ4n) is 3.78. The zero-order valence-electron chi connectivity index (χ0n) is 15.0. The molecule has 3 aliphatic rings. The zero-order chi connectivity index (χ0) is 17.8. The summed E-state index contributed by atoms with van der Waals surface area (Å²) in [7, 11) is 0.971. The van der Waals surface area contributed by atoms with E-state index in [0.29, 0.717) is 18.8 Å². The molecule has 0 radical (unpaired) electrons. The number of carbonyl (C=O) groups excluding carboxylic acids is 1. The van der Waals surface area contributed by atoms with Crippen molar-refractivity contribution < 1.29 is 23.9 Å². The van der Waals surface area contributed by atoms with Gasteiger partial charge in [0.1, 0.15) is 5.60 Å². The molecule has 1 saturated heterocycles. The van der Waals surface area contributed by atoms with Gasteiger partial charge in [0.2, 0.25) is 0 Å². The van der Waals surface area contributed by atoms with Crippen LogP contribution in [0.3, 0.4) is 0 Å². The molecule has 1 saturated carbocycles. The van der Waals surface area contributed by atoms with Crippen LogP contribution in [0.4, 0.5) is 0 Å². The molecule has 0 aromatic rings. The molecule has 0 aromatic carbocycles. The first-order valence-electron chi connectivity index (χ1n) is 8.45. The summed E-state index contributed by atoms with van der Waals surface area (Å²) in [4.78, 5) is 11.2. The van der Waals surface area contributed by atoms with Crippen LogP contribution in [0.15, 0.2) is 11.5 Å². The maximum Gasteiger partial charge on any atom is 0.490 e. The van der Waals surface area contributed by atoms with E-state index >= 15 is 0 Å². The Balaban J connectivity index is 1.69. The molecule has 6 heteroatoms. The van der Waals surface area contributed by atoms with E-state index in [1.807, 2.05) is 27.7 Å². The van der Waals surface area contributed by atoms with Crippen LogP contribution in [-0.2, 0) is 18.8 Å². The second-order valence-corrected chi connectivity index (χ2v) is 8.14. The lowest BCUT2D eigenvalue weighted by Gasteiger charge is -2.32. The van der Waals surface area contributed by atoms with Crippen molar-refractivity contribution in [1.29, 1.82) is 0 Å². The molecular formula is C18H25BO5. The van der Waals surface area contributed by atoms with Gasteiger partial charge in [-0.15, -0.1) is 0 Å². The number of hydrogen-bond acceptors (Lipinski definition) is 5. The largest absolute Gasteiger partial charge is 0.490 e. The molecule has 1 heterocycles. The first-order chi connectivity index (χ1) is 11.1. The molecule has 2 fully saturated rings. The van der Waals surface area contributed by atoms with Crippen molar-refractivity contribution in [1.82, 2.24) is 0 Å². The first-order valence-corrected chi connectivity index (χ1v) is 8.45. The summed E-state index contributed by atoms with van der Waals surface area (Å²) in [6.07, 6.45) is 4.10. The lowest BCUT2D eigenvalue weighted by molar-refractivity contribution is -0.133. The van der Waals surface area contributed by atoms with Gasteiger partial charge in [-0.3, -0.25) is 0 Å². The second kappa shape index (κ2) is 5.62. The van der Waals surface area contributed by atoms with Crippen LogP contribution in [0.2, 0.25) is 0 Å². The van der Waals surface area contributed by atoms with Gasteiger partial charge in [-0.05, 0) is 64.3 Å². The number of methoxy groups -OCH3 is 1. The third-order valence-electron chi connectivity index (χ3n) is 5.84. The molecule has 0 spiro atoms. The van der Waals surface area contributed by atoms with Crippen molar-refractivity contribution in [2.45, 2.75) is 63.8 Å². The molecular weight excluding hydrogens is 307 g/mol. The third kappa shape index (κ3) is 3.01. The molecule has 5 nitrogen and oxygen atoms in total. The van der Waals surface area contributed by atoms with Crippen LogP contribution in [0.25, 0.3) is 0 Å². The number of esters is 1. The fraction of sp³-hybridized carbons (Fsp3) is 0.722. The van der Waals surface area contributed by atoms with Crippen LogP contribution >= 0.6 is 0 Å². The Morgan fingerprint density at radius 3 is 2.46 bits per heavy atom. The number of allylic oxidation sites excluding steroid dienone is 2. The van der Waals surface area contributed by atoms with Gasteiger partial charge in [-0.25, -0.2) is 4.79 Å². The number of hydrogen-bond donors (Lipinski definition) is 1. The molecule has 0 amide bonds. The number of carbonyl (C=O) groups is 1. The fourth-order valence-corrected chi connectivity index (χ4v) is 3.78. The van der Waals surface area contributed by atoms with Crippen LogP contribution in [0.1, 0.15) is 47.0 Å². The Morgan fingerprint density at radius 1 is 1.29 bits per heavy atom. The normalized spacial score (nSPS) is 35.9. The predicted molar refractivity (Wildman–Crippen MR) is 89.7 cm³/mol. The van der Waals surface area contributed by atoms with Gasteiger partial charge in [0.15, 0.2) is 0 Å². The molecule has 2 aliphatic carbocycles. The second-order valence-electron chi connectivity index (χ2n) is 8.14. The molecule has 3 rings (SSSR count). The van der Waals surface area contributed by atoms with Crippen molar-refractivity contribution in [3.63, 3.8) is 0 Å². The molecule has 1 N–H and O–H groups in total. The van der Waals surface area contributed by atoms with E-state index in [-0.39, 0.29) is 24.2 Å². The lowest BCUT2D eigenvalue weighted by atomic mass is 9.76. The number of rotatable bonds is 1. The van der Waals surface area contributed by atoms with Gasteiger partial charge in [0, 0.05) is 5.92 Å². The smallest absolute Gasteiger partial charge is 0.459 e. The van der Waals surface area contributed by atoms with Crippen molar-refractivity contribution >= 4 is 13.1 Å². The first kappa shape index (κ1) is 17.5. The molecule has 130 valence electrons. The van der Waals surface area contributed by atoms with Crippen molar-refractivity contribution in [2.24, 2.45) is 11.8 Å². The number of aliphatic hydroxyl groups is 1. The minimum Gasteiger partial charge on any atom is -0.459 e. The molecule has 0 aromatic heterocycles. The van der Waals surface area contributed by atoms with Gasteiger partial charge < -0.3 is 19.2 Å². The molecule has 3 unspecified atom stereocenters. The maximum atomic E-state index is 11.2. The Bertz CT molecular complexity index is 626. The van der Waals surface area contributed by atoms with Crippen molar-refractivity contribution in [2.75, 3.05) is 7.11 Å². The summed E-state index contributed by atoms with van der Waals surface area (Å²) in [5, 5.41) is 10.6. The summed E-state index contributed by atoms with van der Waals surface area (Å²) in [5.74, 6) is 4.99. The Hall–Kier alpha value is -1.29. The van der Waals surface area contributed by atoms with Crippen LogP contribution < -0.4 is 0 Å². The van der Waals surface area contributed by atoms with E-state index < -0.39 is 11.6 Å². The van der Waals surface area contributed by atoms with Crippen molar-refractivity contribution in [3.05, 3.63) is 11.5 Å². The average molecular weight is 332 g/mol. The van der Waals surface area contributed by atoms with Gasteiger partial charge in [0.05, 0.1) is 18.3 Å². The highest BCUT2D eigenvalue weighted by molar-refractivity contribution is 6.54. The van der Waals surface area contributed by atoms with Crippen LogP contribution in [-0.4, -0.2) is 42.1 Å². The molecule has 3 atom stereocenters. The minimum absolute atomic E-state index is 0.246. The highest BCUT2D eigenvalue weighted by Gasteiger charge is 2.55. The van der Waals surface area contributed by atoms with E-state index in [9.17, 15) is 9.90 Å². The summed E-state index contributed by atoms with van der Waals surface area (Å²) >= 11 is 0. The van der Waals surface area contributed by atoms with E-state index in [1.54, 1.807) is 0 Å². The maximum absolute atomic E-state index is 11.2. The quantitative estimate of drug-likeness (QED) is 0.344. The lowest BCUT2D eigenvalue weighted by Crippen LogP contribution is -2.41. The van der Waals surface area contributed by atoms with Gasteiger partial charge in [-0.2, -0.15) is 0 Å². The SMILES string of the molecule is COC(=O)C#CC1(O)CC2C=C(B3OC(C)(C)C(C)(C)O3)CC2C1. The predicted octanol–water partition coefficient (Wildman–Crippen LogP) is 1.88. The minimum atomic E-state index is -1.11. The number of fused-ring (bicyclic) bond motifs is 1. The molecule has 0 bridgehead atoms. The Morgan fingerprint density at radius 2 is 1.92 bits per heavy atom. The Labute approximate surface area is 143 Å². The van der Waals surface area contributed by atoms with Gasteiger partial charge in [-0.1, -0.05) is 12.0 Å². The van der Waals surface area contributed by atoms with E-state index in [4.69, 9.17) is 9.31 Å². The summed E-state index contributed by atoms with van der Waals surface area (Å²) in [6, 6.07) is 0. The molecule has 1 aliphatic heterocycles. The van der Waals surface area contributed by atoms with E-state index in [1.165, 1.54) is 7.11 Å². The van der Waals surface area contributed by atoms with E-state index in [0.717, 1.165) is 11.9 Å². The zero-order valence-corrected chi connectivity index (χ0v) is 15.0. The molecule has 24 heavy (non-hydrogen) atoms. The van der Waals surface area contributed by atoms with Crippen LogP contribution in [0, 0.1) is 23.7 Å². The van der Waals surface area contributed by atoms with Gasteiger partial charge >= 0.3 is 13.1 Å². The van der Waals surface area contributed by atoms with E-state index in [2.05, 4.69) is 22.7 Å². The van der Waals surface area contributed by atoms with Crippen molar-refractivity contribution in [3.8, 4) is 11.8 Å².